The van der Waals surface area contributed by atoms with E-state index in [4.69, 9.17) is 4.74 Å². The molecular weight excluding hydrogens is 484 g/mol. The molecule has 3 rings (SSSR count). The van der Waals surface area contributed by atoms with Crippen LogP contribution in [0.4, 0.5) is 0 Å². The molecule has 0 saturated carbocycles. The number of nitrogens with one attached hydrogen (secondary N) is 3. The van der Waals surface area contributed by atoms with Crippen LogP contribution in [0.3, 0.4) is 0 Å². The Labute approximate surface area is 191 Å². The van der Waals surface area contributed by atoms with Crippen LogP contribution >= 0.6 is 15.9 Å². The number of hydrazine groups is 2. The largest absolute Gasteiger partial charge is 0.455 e. The normalized spacial score (nSPS) is 15.1. The minimum Gasteiger partial charge on any atom is -0.455 e. The van der Waals surface area contributed by atoms with E-state index in [0.717, 1.165) is 9.48 Å². The highest BCUT2D eigenvalue weighted by Crippen LogP contribution is 2.18. The van der Waals surface area contributed by atoms with Crippen LogP contribution in [0, 0.1) is 5.92 Å². The summed E-state index contributed by atoms with van der Waals surface area (Å²) in [4.78, 5) is 60.3. The average Bonchev–Trinajstić information content (AvgIpc) is 3.17. The maximum absolute atomic E-state index is 12.2. The first kappa shape index (κ1) is 22.9. The summed E-state index contributed by atoms with van der Waals surface area (Å²) in [6.07, 6.45) is -0.157. The highest BCUT2D eigenvalue weighted by Gasteiger charge is 2.36. The van der Waals surface area contributed by atoms with E-state index in [1.807, 2.05) is 0 Å². The quantitative estimate of drug-likeness (QED) is 0.397. The number of rotatable bonds is 6. The van der Waals surface area contributed by atoms with Gasteiger partial charge in [-0.25, -0.2) is 0 Å². The van der Waals surface area contributed by atoms with Crippen molar-refractivity contribution < 1.29 is 28.7 Å². The minimum absolute atomic E-state index is 0.0713. The second-order valence-corrected chi connectivity index (χ2v) is 7.74. The van der Waals surface area contributed by atoms with Gasteiger partial charge in [-0.05, 0) is 36.4 Å². The Morgan fingerprint density at radius 3 is 2.28 bits per heavy atom. The van der Waals surface area contributed by atoms with E-state index < -0.39 is 42.1 Å². The fourth-order valence-corrected chi connectivity index (χ4v) is 3.11. The van der Waals surface area contributed by atoms with Crippen LogP contribution in [0.15, 0.2) is 59.1 Å². The lowest BCUT2D eigenvalue weighted by Crippen LogP contribution is -2.44. The van der Waals surface area contributed by atoms with E-state index in [9.17, 15) is 24.0 Å². The second-order valence-electron chi connectivity index (χ2n) is 6.83. The van der Waals surface area contributed by atoms with Gasteiger partial charge in [0.05, 0.1) is 12.5 Å². The molecule has 0 spiro atoms. The van der Waals surface area contributed by atoms with E-state index in [-0.39, 0.29) is 13.0 Å². The summed E-state index contributed by atoms with van der Waals surface area (Å²) < 4.78 is 5.73. The average molecular weight is 503 g/mol. The number of benzene rings is 2. The van der Waals surface area contributed by atoms with Gasteiger partial charge in [0.25, 0.3) is 17.7 Å². The predicted octanol–water partition coefficient (Wildman–Crippen LogP) is 0.947. The van der Waals surface area contributed by atoms with Gasteiger partial charge < -0.3 is 4.74 Å². The Kier molecular flexibility index (Phi) is 7.55. The van der Waals surface area contributed by atoms with Crippen molar-refractivity contribution in [3.63, 3.8) is 0 Å². The number of amides is 4. The molecule has 166 valence electrons. The summed E-state index contributed by atoms with van der Waals surface area (Å²) in [5, 5.41) is 1.06. The van der Waals surface area contributed by atoms with E-state index in [1.54, 1.807) is 54.6 Å². The zero-order valence-corrected chi connectivity index (χ0v) is 18.3. The standard InChI is InChI=1S/C21H19BrN4O6/c22-16-8-6-14(7-9-16)19(29)24-23-17(27)12-32-21(31)15-10-18(28)26(11-15)25-20(30)13-4-2-1-3-5-13/h1-9,15H,10-12H2,(H,23,27)(H,24,29)(H,25,30)/t15-/m0/s1. The molecule has 0 bridgehead atoms. The third-order valence-electron chi connectivity index (χ3n) is 4.50. The van der Waals surface area contributed by atoms with Crippen molar-refractivity contribution in [3.8, 4) is 0 Å². The van der Waals surface area contributed by atoms with Crippen LogP contribution in [0.1, 0.15) is 27.1 Å². The number of hydrogen-bond donors (Lipinski definition) is 3. The molecule has 10 nitrogen and oxygen atoms in total. The predicted molar refractivity (Wildman–Crippen MR) is 114 cm³/mol. The number of halogens is 1. The summed E-state index contributed by atoms with van der Waals surface area (Å²) in [5.41, 5.74) is 7.50. The molecule has 1 aliphatic heterocycles. The summed E-state index contributed by atoms with van der Waals surface area (Å²) in [6, 6.07) is 14.8. The van der Waals surface area contributed by atoms with Crippen molar-refractivity contribution in [1.82, 2.24) is 21.3 Å². The lowest BCUT2D eigenvalue weighted by molar-refractivity contribution is -0.152. The van der Waals surface area contributed by atoms with Gasteiger partial charge in [0.2, 0.25) is 5.91 Å². The molecule has 1 atom stereocenters. The van der Waals surface area contributed by atoms with Gasteiger partial charge in [0.1, 0.15) is 0 Å². The van der Waals surface area contributed by atoms with Crippen molar-refractivity contribution in [2.24, 2.45) is 5.92 Å². The van der Waals surface area contributed by atoms with Crippen molar-refractivity contribution in [3.05, 3.63) is 70.2 Å². The van der Waals surface area contributed by atoms with E-state index in [0.29, 0.717) is 11.1 Å². The van der Waals surface area contributed by atoms with Crippen LogP contribution < -0.4 is 16.3 Å². The highest BCUT2D eigenvalue weighted by molar-refractivity contribution is 9.10. The Balaban J connectivity index is 1.41. The van der Waals surface area contributed by atoms with Crippen LogP contribution in [0.5, 0.6) is 0 Å². The molecule has 2 aromatic carbocycles. The first-order chi connectivity index (χ1) is 15.3. The molecule has 0 aliphatic carbocycles. The number of carbonyl (C=O) groups is 5. The highest BCUT2D eigenvalue weighted by atomic mass is 79.9. The fraction of sp³-hybridized carbons (Fsp3) is 0.190. The summed E-state index contributed by atoms with van der Waals surface area (Å²) >= 11 is 3.25. The van der Waals surface area contributed by atoms with Crippen molar-refractivity contribution in [2.45, 2.75) is 6.42 Å². The Hall–Kier alpha value is -3.73. The molecule has 1 aliphatic rings. The molecule has 0 aromatic heterocycles. The molecular formula is C21H19BrN4O6. The summed E-state index contributed by atoms with van der Waals surface area (Å²) in [5.74, 6) is -3.80. The first-order valence-corrected chi connectivity index (χ1v) is 10.3. The molecule has 32 heavy (non-hydrogen) atoms. The first-order valence-electron chi connectivity index (χ1n) is 9.51. The van der Waals surface area contributed by atoms with Crippen molar-refractivity contribution in [2.75, 3.05) is 13.2 Å². The van der Waals surface area contributed by atoms with Gasteiger partial charge >= 0.3 is 5.97 Å². The number of carbonyl (C=O) groups excluding carboxylic acids is 5. The maximum Gasteiger partial charge on any atom is 0.311 e. The molecule has 1 fully saturated rings. The van der Waals surface area contributed by atoms with Gasteiger partial charge in [0.15, 0.2) is 6.61 Å². The number of ether oxygens (including phenoxy) is 1. The van der Waals surface area contributed by atoms with E-state index in [1.165, 1.54) is 0 Å². The lowest BCUT2D eigenvalue weighted by atomic mass is 10.1. The van der Waals surface area contributed by atoms with Crippen molar-refractivity contribution >= 4 is 45.5 Å². The number of nitrogens with zero attached hydrogens (tertiary/aromatic N) is 1. The lowest BCUT2D eigenvalue weighted by Gasteiger charge is -2.17. The van der Waals surface area contributed by atoms with Crippen LogP contribution in [-0.4, -0.2) is 47.8 Å². The SMILES string of the molecule is O=C(COC(=O)[C@H]1CC(=O)N(NC(=O)c2ccccc2)C1)NNC(=O)c1ccc(Br)cc1. The number of esters is 1. The van der Waals surface area contributed by atoms with E-state index >= 15 is 0 Å². The zero-order chi connectivity index (χ0) is 23.1. The van der Waals surface area contributed by atoms with Gasteiger partial charge in [-0.3, -0.25) is 45.3 Å². The second kappa shape index (κ2) is 10.5. The fourth-order valence-electron chi connectivity index (χ4n) is 2.84. The molecule has 1 saturated heterocycles. The molecule has 4 amide bonds. The van der Waals surface area contributed by atoms with Gasteiger partial charge in [0, 0.05) is 22.0 Å². The van der Waals surface area contributed by atoms with Crippen LogP contribution in [0.25, 0.3) is 0 Å². The summed E-state index contributed by atoms with van der Waals surface area (Å²) in [7, 11) is 0. The smallest absolute Gasteiger partial charge is 0.311 e. The summed E-state index contributed by atoms with van der Waals surface area (Å²) in [6.45, 7) is -0.710. The van der Waals surface area contributed by atoms with E-state index in [2.05, 4.69) is 32.2 Å². The van der Waals surface area contributed by atoms with Gasteiger partial charge in [-0.1, -0.05) is 34.1 Å². The molecule has 2 aromatic rings. The molecule has 3 N–H and O–H groups in total. The Morgan fingerprint density at radius 1 is 0.938 bits per heavy atom. The van der Waals surface area contributed by atoms with Crippen LogP contribution in [0.2, 0.25) is 0 Å². The topological polar surface area (TPSA) is 134 Å². The third kappa shape index (κ3) is 6.14. The minimum atomic E-state index is -0.830. The van der Waals surface area contributed by atoms with Gasteiger partial charge in [-0.15, -0.1) is 0 Å². The monoisotopic (exact) mass is 502 g/mol. The third-order valence-corrected chi connectivity index (χ3v) is 5.03. The Morgan fingerprint density at radius 2 is 1.59 bits per heavy atom. The molecule has 0 radical (unpaired) electrons. The number of hydrogen-bond acceptors (Lipinski definition) is 6. The molecule has 11 heteroatoms. The maximum atomic E-state index is 12.2. The van der Waals surface area contributed by atoms with Gasteiger partial charge in [-0.2, -0.15) is 0 Å². The van der Waals surface area contributed by atoms with Crippen molar-refractivity contribution in [1.29, 1.82) is 0 Å². The molecule has 1 heterocycles. The van der Waals surface area contributed by atoms with Crippen LogP contribution in [-0.2, 0) is 19.1 Å². The zero-order valence-electron chi connectivity index (χ0n) is 16.7. The molecule has 0 unspecified atom stereocenters. The Bertz CT molecular complexity index is 1030.